The molecule has 0 fully saturated rings. The van der Waals surface area contributed by atoms with E-state index < -0.39 is 10.2 Å². The van der Waals surface area contributed by atoms with Crippen molar-refractivity contribution in [3.63, 3.8) is 0 Å². The highest BCUT2D eigenvalue weighted by Crippen LogP contribution is 1.99. The first kappa shape index (κ1) is 15.1. The van der Waals surface area contributed by atoms with Crippen LogP contribution in [0.1, 0.15) is 26.7 Å². The lowest BCUT2D eigenvalue weighted by molar-refractivity contribution is 0.315. The molecule has 8 heteroatoms. The minimum absolute atomic E-state index is 0.0177. The van der Waals surface area contributed by atoms with Crippen molar-refractivity contribution in [3.05, 3.63) is 0 Å². The van der Waals surface area contributed by atoms with Gasteiger partial charge in [-0.05, 0) is 6.42 Å². The van der Waals surface area contributed by atoms with Crippen molar-refractivity contribution in [2.45, 2.75) is 26.7 Å². The Morgan fingerprint density at radius 3 is 2.56 bits per heavy atom. The minimum atomic E-state index is -3.45. The van der Waals surface area contributed by atoms with Gasteiger partial charge >= 0.3 is 0 Å². The fourth-order valence-electron chi connectivity index (χ4n) is 1.06. The number of rotatable bonds is 8. The third-order valence-corrected chi connectivity index (χ3v) is 3.66. The first-order valence-corrected chi connectivity index (χ1v) is 6.63. The Hall–Kier alpha value is -0.860. The topological polar surface area (TPSA) is 108 Å². The fraction of sp³-hybridized carbons (Fsp3) is 0.875. The SMILES string of the molecule is CCCNS(=O)(=O)N(CC)CCC(N)=NO. The number of hydrogen-bond donors (Lipinski definition) is 3. The van der Waals surface area contributed by atoms with E-state index in [2.05, 4.69) is 9.88 Å². The molecule has 16 heavy (non-hydrogen) atoms. The molecule has 0 rings (SSSR count). The van der Waals surface area contributed by atoms with Crippen LogP contribution in [0.5, 0.6) is 0 Å². The van der Waals surface area contributed by atoms with E-state index in [1.54, 1.807) is 6.92 Å². The molecule has 96 valence electrons. The first-order valence-electron chi connectivity index (χ1n) is 5.19. The monoisotopic (exact) mass is 252 g/mol. The van der Waals surface area contributed by atoms with E-state index in [0.29, 0.717) is 13.1 Å². The molecule has 0 aliphatic rings. The highest BCUT2D eigenvalue weighted by molar-refractivity contribution is 7.87. The van der Waals surface area contributed by atoms with Crippen LogP contribution in [0.2, 0.25) is 0 Å². The minimum Gasteiger partial charge on any atom is -0.409 e. The Balaban J connectivity index is 4.37. The summed E-state index contributed by atoms with van der Waals surface area (Å²) in [5.41, 5.74) is 5.28. The standard InChI is InChI=1S/C8H20N4O3S/c1-3-6-10-16(14,15)12(4-2)7-5-8(9)11-13/h10,13H,3-7H2,1-2H3,(H2,9,11). The van der Waals surface area contributed by atoms with Crippen LogP contribution in [0.25, 0.3) is 0 Å². The van der Waals surface area contributed by atoms with Gasteiger partial charge in [0.05, 0.1) is 0 Å². The number of hydrogen-bond acceptors (Lipinski definition) is 4. The Labute approximate surface area is 96.5 Å². The van der Waals surface area contributed by atoms with Crippen LogP contribution < -0.4 is 10.5 Å². The zero-order chi connectivity index (χ0) is 12.6. The zero-order valence-corrected chi connectivity index (χ0v) is 10.5. The van der Waals surface area contributed by atoms with Gasteiger partial charge in [-0.2, -0.15) is 12.7 Å². The summed E-state index contributed by atoms with van der Waals surface area (Å²) < 4.78 is 27.1. The van der Waals surface area contributed by atoms with Crippen LogP contribution in [-0.2, 0) is 10.2 Å². The first-order chi connectivity index (χ1) is 7.47. The summed E-state index contributed by atoms with van der Waals surface area (Å²) in [4.78, 5) is 0. The highest BCUT2D eigenvalue weighted by Gasteiger charge is 2.19. The molecule has 0 aromatic rings. The number of nitrogens with two attached hydrogens (primary N) is 1. The lowest BCUT2D eigenvalue weighted by Crippen LogP contribution is -2.42. The average molecular weight is 252 g/mol. The molecule has 0 atom stereocenters. The number of nitrogens with one attached hydrogen (secondary N) is 1. The zero-order valence-electron chi connectivity index (χ0n) is 9.68. The second-order valence-corrected chi connectivity index (χ2v) is 4.99. The van der Waals surface area contributed by atoms with E-state index in [1.165, 1.54) is 4.31 Å². The molecule has 0 bridgehead atoms. The molecule has 0 saturated heterocycles. The molecule has 0 spiro atoms. The van der Waals surface area contributed by atoms with Crippen LogP contribution in [0, 0.1) is 0 Å². The van der Waals surface area contributed by atoms with Gasteiger partial charge in [0, 0.05) is 26.1 Å². The normalized spacial score (nSPS) is 13.3. The third kappa shape index (κ3) is 5.29. The van der Waals surface area contributed by atoms with Gasteiger partial charge in [-0.15, -0.1) is 0 Å². The van der Waals surface area contributed by atoms with E-state index in [4.69, 9.17) is 10.9 Å². The molecule has 0 heterocycles. The number of oxime groups is 1. The summed E-state index contributed by atoms with van der Waals surface area (Å²) in [6.07, 6.45) is 0.939. The van der Waals surface area contributed by atoms with Crippen LogP contribution in [0.15, 0.2) is 5.16 Å². The largest absolute Gasteiger partial charge is 0.409 e. The summed E-state index contributed by atoms with van der Waals surface area (Å²) in [6.45, 7) is 4.57. The molecule has 0 unspecified atom stereocenters. The quantitative estimate of drug-likeness (QED) is 0.238. The maximum Gasteiger partial charge on any atom is 0.279 e. The fourth-order valence-corrected chi connectivity index (χ4v) is 2.38. The van der Waals surface area contributed by atoms with Crippen LogP contribution in [0.4, 0.5) is 0 Å². The molecule has 0 amide bonds. The molecular formula is C8H20N4O3S. The number of nitrogens with zero attached hydrogens (tertiary/aromatic N) is 2. The second kappa shape index (κ2) is 7.42. The van der Waals surface area contributed by atoms with E-state index in [1.807, 2.05) is 6.92 Å². The lowest BCUT2D eigenvalue weighted by atomic mass is 10.4. The van der Waals surface area contributed by atoms with Crippen LogP contribution >= 0.6 is 0 Å². The van der Waals surface area contributed by atoms with E-state index >= 15 is 0 Å². The van der Waals surface area contributed by atoms with Gasteiger partial charge in [-0.1, -0.05) is 19.0 Å². The highest BCUT2D eigenvalue weighted by atomic mass is 32.2. The van der Waals surface area contributed by atoms with Crippen LogP contribution in [0.3, 0.4) is 0 Å². The van der Waals surface area contributed by atoms with E-state index in [-0.39, 0.29) is 18.8 Å². The molecule has 0 aliphatic carbocycles. The molecule has 0 saturated carbocycles. The third-order valence-electron chi connectivity index (χ3n) is 1.97. The average Bonchev–Trinajstić information content (AvgIpc) is 2.26. The van der Waals surface area contributed by atoms with E-state index in [0.717, 1.165) is 6.42 Å². The Morgan fingerprint density at radius 2 is 2.12 bits per heavy atom. The lowest BCUT2D eigenvalue weighted by Gasteiger charge is -2.20. The maximum absolute atomic E-state index is 11.7. The summed E-state index contributed by atoms with van der Waals surface area (Å²) >= 11 is 0. The van der Waals surface area contributed by atoms with Gasteiger partial charge in [0.1, 0.15) is 5.84 Å². The van der Waals surface area contributed by atoms with Crippen LogP contribution in [-0.4, -0.2) is 43.4 Å². The molecular weight excluding hydrogens is 232 g/mol. The van der Waals surface area contributed by atoms with Crippen molar-refractivity contribution in [1.29, 1.82) is 0 Å². The predicted octanol–water partition coefficient (Wildman–Crippen LogP) is -0.311. The van der Waals surface area contributed by atoms with Crippen molar-refractivity contribution in [2.75, 3.05) is 19.6 Å². The second-order valence-electron chi connectivity index (χ2n) is 3.23. The van der Waals surface area contributed by atoms with Crippen molar-refractivity contribution in [1.82, 2.24) is 9.03 Å². The van der Waals surface area contributed by atoms with Crippen molar-refractivity contribution < 1.29 is 13.6 Å². The van der Waals surface area contributed by atoms with Crippen molar-refractivity contribution in [3.8, 4) is 0 Å². The smallest absolute Gasteiger partial charge is 0.279 e. The van der Waals surface area contributed by atoms with Gasteiger partial charge in [0.25, 0.3) is 10.2 Å². The summed E-state index contributed by atoms with van der Waals surface area (Å²) in [7, 11) is -3.45. The van der Waals surface area contributed by atoms with Gasteiger partial charge in [-0.25, -0.2) is 4.72 Å². The molecule has 0 radical (unpaired) electrons. The summed E-state index contributed by atoms with van der Waals surface area (Å²) in [6, 6.07) is 0. The Morgan fingerprint density at radius 1 is 1.50 bits per heavy atom. The van der Waals surface area contributed by atoms with Crippen molar-refractivity contribution >= 4 is 16.0 Å². The molecule has 4 N–H and O–H groups in total. The van der Waals surface area contributed by atoms with Gasteiger partial charge in [0.15, 0.2) is 0 Å². The van der Waals surface area contributed by atoms with Crippen molar-refractivity contribution in [2.24, 2.45) is 10.9 Å². The van der Waals surface area contributed by atoms with E-state index in [9.17, 15) is 8.42 Å². The maximum atomic E-state index is 11.7. The summed E-state index contributed by atoms with van der Waals surface area (Å²) in [5.74, 6) is 0.0177. The van der Waals surface area contributed by atoms with Gasteiger partial charge < -0.3 is 10.9 Å². The molecule has 0 aromatic carbocycles. The van der Waals surface area contributed by atoms with Gasteiger partial charge in [0.2, 0.25) is 0 Å². The molecule has 7 nitrogen and oxygen atoms in total. The predicted molar refractivity (Wildman–Crippen MR) is 62.5 cm³/mol. The molecule has 0 aromatic heterocycles. The molecule has 0 aliphatic heterocycles. The number of amidine groups is 1. The Bertz CT molecular complexity index is 315. The van der Waals surface area contributed by atoms with Gasteiger partial charge in [-0.3, -0.25) is 0 Å². The Kier molecular flexibility index (Phi) is 7.02. The summed E-state index contributed by atoms with van der Waals surface area (Å²) in [5, 5.41) is 11.1.